The second-order valence-corrected chi connectivity index (χ2v) is 2.75. The Morgan fingerprint density at radius 3 is 2.77 bits per heavy atom. The van der Waals surface area contributed by atoms with Gasteiger partial charge >= 0.3 is 5.97 Å². The maximum absolute atomic E-state index is 10.5. The van der Waals surface area contributed by atoms with Crippen LogP contribution in [0.4, 0.5) is 0 Å². The Labute approximate surface area is 74.8 Å². The van der Waals surface area contributed by atoms with Crippen LogP contribution in [-0.4, -0.2) is 22.8 Å². The number of aliphatic hydroxyl groups is 1. The molecule has 5 nitrogen and oxygen atoms in total. The molecule has 0 bridgehead atoms. The first-order valence-electron chi connectivity index (χ1n) is 3.76. The Kier molecular flexibility index (Phi) is 2.69. The van der Waals surface area contributed by atoms with Crippen molar-refractivity contribution < 1.29 is 19.4 Å². The number of hydrogen-bond acceptors (Lipinski definition) is 4. The molecule has 0 aliphatic heterocycles. The molecule has 5 heteroatoms. The molecule has 0 spiro atoms. The molecule has 1 aromatic heterocycles. The van der Waals surface area contributed by atoms with E-state index in [0.29, 0.717) is 11.3 Å². The number of aromatic carboxylic acids is 1. The highest BCUT2D eigenvalue weighted by atomic mass is 16.4. The van der Waals surface area contributed by atoms with Gasteiger partial charge in [0.05, 0.1) is 12.6 Å². The molecular formula is C8H11NO4. The quantitative estimate of drug-likeness (QED) is 0.628. The van der Waals surface area contributed by atoms with E-state index >= 15 is 0 Å². The monoisotopic (exact) mass is 185 g/mol. The maximum Gasteiger partial charge on any atom is 0.371 e. The normalized spacial score (nSPS) is 12.8. The van der Waals surface area contributed by atoms with Crippen LogP contribution in [0.25, 0.3) is 0 Å². The lowest BCUT2D eigenvalue weighted by molar-refractivity contribution is 0.0658. The van der Waals surface area contributed by atoms with Gasteiger partial charge in [0, 0.05) is 0 Å². The summed E-state index contributed by atoms with van der Waals surface area (Å²) in [4.78, 5) is 10.5. The molecule has 0 aliphatic carbocycles. The number of carboxylic acids is 1. The highest BCUT2D eigenvalue weighted by Crippen LogP contribution is 2.19. The summed E-state index contributed by atoms with van der Waals surface area (Å²) < 4.78 is 4.94. The molecule has 1 atom stereocenters. The van der Waals surface area contributed by atoms with Crippen LogP contribution in [0.1, 0.15) is 27.9 Å². The molecule has 0 fully saturated rings. The summed E-state index contributed by atoms with van der Waals surface area (Å²) in [6.45, 7) is 1.41. The number of aryl methyl sites for hydroxylation is 1. The van der Waals surface area contributed by atoms with E-state index in [-0.39, 0.29) is 12.4 Å². The van der Waals surface area contributed by atoms with Crippen LogP contribution in [-0.2, 0) is 0 Å². The van der Waals surface area contributed by atoms with E-state index in [1.54, 1.807) is 6.92 Å². The van der Waals surface area contributed by atoms with E-state index in [4.69, 9.17) is 20.4 Å². The Balaban J connectivity index is 3.02. The lowest BCUT2D eigenvalue weighted by Gasteiger charge is -2.04. The lowest BCUT2D eigenvalue weighted by atomic mass is 10.2. The molecule has 1 aromatic rings. The highest BCUT2D eigenvalue weighted by Gasteiger charge is 2.17. The van der Waals surface area contributed by atoms with Crippen molar-refractivity contribution in [2.24, 2.45) is 5.73 Å². The first-order chi connectivity index (χ1) is 6.06. The molecule has 72 valence electrons. The molecule has 0 radical (unpaired) electrons. The van der Waals surface area contributed by atoms with Crippen LogP contribution in [0.15, 0.2) is 10.5 Å². The predicted molar refractivity (Wildman–Crippen MR) is 44.4 cm³/mol. The molecule has 1 unspecified atom stereocenters. The SMILES string of the molecule is Cc1cc(C(=O)O)oc1C(N)CO. The summed E-state index contributed by atoms with van der Waals surface area (Å²) in [7, 11) is 0. The number of aliphatic hydroxyl groups excluding tert-OH is 1. The van der Waals surface area contributed by atoms with Crippen molar-refractivity contribution in [3.8, 4) is 0 Å². The predicted octanol–water partition coefficient (Wildman–Crippen LogP) is 0.278. The first kappa shape index (κ1) is 9.76. The number of nitrogens with two attached hydrogens (primary N) is 1. The van der Waals surface area contributed by atoms with Gasteiger partial charge in [-0.2, -0.15) is 0 Å². The molecule has 13 heavy (non-hydrogen) atoms. The molecule has 0 aromatic carbocycles. The summed E-state index contributed by atoms with van der Waals surface area (Å²) in [5, 5.41) is 17.3. The average molecular weight is 185 g/mol. The van der Waals surface area contributed by atoms with E-state index in [2.05, 4.69) is 0 Å². The topological polar surface area (TPSA) is 96.7 Å². The number of furan rings is 1. The van der Waals surface area contributed by atoms with Gasteiger partial charge in [0.1, 0.15) is 5.76 Å². The fourth-order valence-corrected chi connectivity index (χ4v) is 1.05. The third-order valence-electron chi connectivity index (χ3n) is 1.70. The van der Waals surface area contributed by atoms with E-state index in [1.807, 2.05) is 0 Å². The molecule has 1 heterocycles. The fraction of sp³-hybridized carbons (Fsp3) is 0.375. The van der Waals surface area contributed by atoms with E-state index in [1.165, 1.54) is 6.07 Å². The Morgan fingerprint density at radius 2 is 2.38 bits per heavy atom. The summed E-state index contributed by atoms with van der Waals surface area (Å²) in [6.07, 6.45) is 0. The van der Waals surface area contributed by atoms with Gasteiger partial charge in [-0.05, 0) is 18.6 Å². The van der Waals surface area contributed by atoms with E-state index < -0.39 is 12.0 Å². The third-order valence-corrected chi connectivity index (χ3v) is 1.70. The van der Waals surface area contributed by atoms with Gasteiger partial charge in [0.2, 0.25) is 5.76 Å². The lowest BCUT2D eigenvalue weighted by Crippen LogP contribution is -2.14. The maximum atomic E-state index is 10.5. The zero-order chi connectivity index (χ0) is 10.0. The van der Waals surface area contributed by atoms with Crippen molar-refractivity contribution in [2.75, 3.05) is 6.61 Å². The van der Waals surface area contributed by atoms with Gasteiger partial charge in [-0.3, -0.25) is 0 Å². The smallest absolute Gasteiger partial charge is 0.371 e. The van der Waals surface area contributed by atoms with Crippen LogP contribution >= 0.6 is 0 Å². The van der Waals surface area contributed by atoms with E-state index in [0.717, 1.165) is 0 Å². The van der Waals surface area contributed by atoms with Gasteiger partial charge in [-0.25, -0.2) is 4.79 Å². The van der Waals surface area contributed by atoms with Gasteiger partial charge in [0.15, 0.2) is 0 Å². The van der Waals surface area contributed by atoms with Crippen molar-refractivity contribution in [1.82, 2.24) is 0 Å². The summed E-state index contributed by atoms with van der Waals surface area (Å²) in [6, 6.07) is 0.723. The zero-order valence-electron chi connectivity index (χ0n) is 7.15. The minimum absolute atomic E-state index is 0.156. The number of carbonyl (C=O) groups is 1. The second-order valence-electron chi connectivity index (χ2n) is 2.75. The Hall–Kier alpha value is -1.33. The summed E-state index contributed by atoms with van der Waals surface area (Å²) in [5.74, 6) is -0.976. The number of hydrogen-bond donors (Lipinski definition) is 3. The van der Waals surface area contributed by atoms with Crippen molar-refractivity contribution in [3.63, 3.8) is 0 Å². The zero-order valence-corrected chi connectivity index (χ0v) is 7.15. The van der Waals surface area contributed by atoms with Crippen LogP contribution in [0.2, 0.25) is 0 Å². The van der Waals surface area contributed by atoms with Crippen LogP contribution < -0.4 is 5.73 Å². The second kappa shape index (κ2) is 3.59. The first-order valence-corrected chi connectivity index (χ1v) is 3.76. The molecule has 4 N–H and O–H groups in total. The standard InChI is InChI=1S/C8H11NO4/c1-4-2-6(8(11)12)13-7(4)5(9)3-10/h2,5,10H,3,9H2,1H3,(H,11,12). The van der Waals surface area contributed by atoms with Crippen LogP contribution in [0.5, 0.6) is 0 Å². The Morgan fingerprint density at radius 1 is 1.77 bits per heavy atom. The molecule has 0 amide bonds. The average Bonchev–Trinajstić information content (AvgIpc) is 2.46. The summed E-state index contributed by atoms with van der Waals surface area (Å²) in [5.41, 5.74) is 6.11. The third kappa shape index (κ3) is 1.88. The van der Waals surface area contributed by atoms with Gasteiger partial charge in [-0.15, -0.1) is 0 Å². The van der Waals surface area contributed by atoms with Crippen LogP contribution in [0, 0.1) is 6.92 Å². The number of carboxylic acid groups (broad SMARTS) is 1. The molecule has 0 saturated heterocycles. The van der Waals surface area contributed by atoms with Crippen molar-refractivity contribution in [2.45, 2.75) is 13.0 Å². The minimum atomic E-state index is -1.14. The van der Waals surface area contributed by atoms with Crippen LogP contribution in [0.3, 0.4) is 0 Å². The van der Waals surface area contributed by atoms with Crippen molar-refractivity contribution in [1.29, 1.82) is 0 Å². The molecule has 1 rings (SSSR count). The minimum Gasteiger partial charge on any atom is -0.475 e. The Bertz CT molecular complexity index is 318. The molecule has 0 aliphatic rings. The highest BCUT2D eigenvalue weighted by molar-refractivity contribution is 5.84. The van der Waals surface area contributed by atoms with Gasteiger partial charge < -0.3 is 20.4 Å². The summed E-state index contributed by atoms with van der Waals surface area (Å²) >= 11 is 0. The molecular weight excluding hydrogens is 174 g/mol. The van der Waals surface area contributed by atoms with Gasteiger partial charge in [0.25, 0.3) is 0 Å². The fourth-order valence-electron chi connectivity index (χ4n) is 1.05. The van der Waals surface area contributed by atoms with E-state index in [9.17, 15) is 4.79 Å². The van der Waals surface area contributed by atoms with Crippen molar-refractivity contribution in [3.05, 3.63) is 23.2 Å². The number of rotatable bonds is 3. The largest absolute Gasteiger partial charge is 0.475 e. The van der Waals surface area contributed by atoms with Gasteiger partial charge in [-0.1, -0.05) is 0 Å². The molecule has 0 saturated carbocycles. The van der Waals surface area contributed by atoms with Crippen molar-refractivity contribution >= 4 is 5.97 Å².